The third-order valence-corrected chi connectivity index (χ3v) is 4.00. The summed E-state index contributed by atoms with van der Waals surface area (Å²) in [5, 5.41) is 9.42. The van der Waals surface area contributed by atoms with Gasteiger partial charge in [0.05, 0.1) is 17.1 Å². The third kappa shape index (κ3) is 2.96. The van der Waals surface area contributed by atoms with Crippen molar-refractivity contribution in [1.82, 2.24) is 9.55 Å². The van der Waals surface area contributed by atoms with E-state index >= 15 is 0 Å². The molecule has 1 heterocycles. The maximum atomic E-state index is 11.5. The number of rotatable bonds is 5. The van der Waals surface area contributed by atoms with Crippen molar-refractivity contribution in [1.29, 1.82) is 0 Å². The maximum Gasteiger partial charge on any atom is 0.326 e. The lowest BCUT2D eigenvalue weighted by atomic mass is 10.1. The molecule has 2 unspecified atom stereocenters. The number of para-hydroxylation sites is 2. The normalized spacial score (nSPS) is 13.8. The van der Waals surface area contributed by atoms with E-state index in [1.807, 2.05) is 54.6 Å². The summed E-state index contributed by atoms with van der Waals surface area (Å²) >= 11 is 0. The van der Waals surface area contributed by atoms with Gasteiger partial charge in [-0.25, -0.2) is 9.78 Å². The third-order valence-electron chi connectivity index (χ3n) is 4.00. The van der Waals surface area contributed by atoms with Crippen LogP contribution in [0.2, 0.25) is 0 Å². The lowest BCUT2D eigenvalue weighted by Crippen LogP contribution is -2.24. The van der Waals surface area contributed by atoms with Crippen LogP contribution in [0.3, 0.4) is 0 Å². The highest BCUT2D eigenvalue weighted by Crippen LogP contribution is 2.26. The molecule has 0 radical (unpaired) electrons. The number of aliphatic carboxylic acids is 1. The maximum absolute atomic E-state index is 11.5. The average molecular weight is 309 g/mol. The van der Waals surface area contributed by atoms with Crippen molar-refractivity contribution in [2.75, 3.05) is 0 Å². The van der Waals surface area contributed by atoms with Gasteiger partial charge in [0.1, 0.15) is 11.9 Å². The van der Waals surface area contributed by atoms with E-state index in [4.69, 9.17) is 5.73 Å². The second-order valence-corrected chi connectivity index (χ2v) is 5.64. The van der Waals surface area contributed by atoms with E-state index in [-0.39, 0.29) is 6.04 Å². The zero-order chi connectivity index (χ0) is 16.4. The Kier molecular flexibility index (Phi) is 4.12. The summed E-state index contributed by atoms with van der Waals surface area (Å²) in [6, 6.07) is 16.3. The number of nitrogens with two attached hydrogens (primary N) is 1. The van der Waals surface area contributed by atoms with Crippen LogP contribution in [0.25, 0.3) is 11.0 Å². The van der Waals surface area contributed by atoms with Gasteiger partial charge >= 0.3 is 5.97 Å². The zero-order valence-electron chi connectivity index (χ0n) is 12.9. The fourth-order valence-electron chi connectivity index (χ4n) is 2.80. The molecule has 2 atom stereocenters. The molecule has 0 aliphatic carbocycles. The predicted molar refractivity (Wildman–Crippen MR) is 89.2 cm³/mol. The van der Waals surface area contributed by atoms with Gasteiger partial charge in [0, 0.05) is 0 Å². The number of hydrogen-bond donors (Lipinski definition) is 2. The van der Waals surface area contributed by atoms with Crippen molar-refractivity contribution in [3.05, 3.63) is 66.0 Å². The van der Waals surface area contributed by atoms with Crippen molar-refractivity contribution in [2.24, 2.45) is 5.73 Å². The molecule has 23 heavy (non-hydrogen) atoms. The van der Waals surface area contributed by atoms with E-state index in [1.165, 1.54) is 0 Å². The van der Waals surface area contributed by atoms with E-state index in [2.05, 4.69) is 4.98 Å². The molecule has 0 saturated carbocycles. The standard InChI is InChI=1S/C18H19N3O2/c1-12(18(22)23)21-16-10-6-5-9-15(16)20-17(21)14(19)11-13-7-3-2-4-8-13/h2-10,12,14H,11,19H2,1H3,(H,22,23). The zero-order valence-corrected chi connectivity index (χ0v) is 12.9. The van der Waals surface area contributed by atoms with Crippen molar-refractivity contribution < 1.29 is 9.90 Å². The Labute approximate surface area is 134 Å². The molecule has 1 aromatic heterocycles. The highest BCUT2D eigenvalue weighted by atomic mass is 16.4. The predicted octanol–water partition coefficient (Wildman–Crippen LogP) is 2.92. The van der Waals surface area contributed by atoms with E-state index in [0.717, 1.165) is 16.6 Å². The number of benzene rings is 2. The van der Waals surface area contributed by atoms with Gasteiger partial charge in [-0.2, -0.15) is 0 Å². The summed E-state index contributed by atoms with van der Waals surface area (Å²) < 4.78 is 1.73. The van der Waals surface area contributed by atoms with Crippen LogP contribution in [0.4, 0.5) is 0 Å². The Bertz CT molecular complexity index is 827. The number of imidazole rings is 1. The van der Waals surface area contributed by atoms with E-state index in [1.54, 1.807) is 11.5 Å². The van der Waals surface area contributed by atoms with Crippen LogP contribution in [0.5, 0.6) is 0 Å². The smallest absolute Gasteiger partial charge is 0.326 e. The minimum Gasteiger partial charge on any atom is -0.480 e. The highest BCUT2D eigenvalue weighted by Gasteiger charge is 2.24. The van der Waals surface area contributed by atoms with Gasteiger partial charge in [0.15, 0.2) is 0 Å². The van der Waals surface area contributed by atoms with Gasteiger partial charge < -0.3 is 15.4 Å². The van der Waals surface area contributed by atoms with Gasteiger partial charge in [-0.05, 0) is 31.0 Å². The quantitative estimate of drug-likeness (QED) is 0.759. The second kappa shape index (κ2) is 6.22. The summed E-state index contributed by atoms with van der Waals surface area (Å²) in [5.74, 6) is -0.300. The number of carbonyl (C=O) groups is 1. The molecule has 0 bridgehead atoms. The van der Waals surface area contributed by atoms with Crippen molar-refractivity contribution in [3.8, 4) is 0 Å². The first-order valence-corrected chi connectivity index (χ1v) is 7.57. The van der Waals surface area contributed by atoms with Crippen LogP contribution in [-0.4, -0.2) is 20.6 Å². The van der Waals surface area contributed by atoms with Crippen molar-refractivity contribution in [3.63, 3.8) is 0 Å². The topological polar surface area (TPSA) is 81.1 Å². The fraction of sp³-hybridized carbons (Fsp3) is 0.222. The number of carboxylic acids is 1. The SMILES string of the molecule is CC(C(=O)O)n1c(C(N)Cc2ccccc2)nc2ccccc21. The van der Waals surface area contributed by atoms with Crippen LogP contribution in [0, 0.1) is 0 Å². The van der Waals surface area contributed by atoms with Crippen LogP contribution >= 0.6 is 0 Å². The fourth-order valence-corrected chi connectivity index (χ4v) is 2.80. The molecular formula is C18H19N3O2. The lowest BCUT2D eigenvalue weighted by molar-refractivity contribution is -0.140. The number of nitrogens with zero attached hydrogens (tertiary/aromatic N) is 2. The Morgan fingerprint density at radius 1 is 1.17 bits per heavy atom. The molecule has 3 rings (SSSR count). The largest absolute Gasteiger partial charge is 0.480 e. The van der Waals surface area contributed by atoms with Crippen LogP contribution in [-0.2, 0) is 11.2 Å². The summed E-state index contributed by atoms with van der Waals surface area (Å²) in [4.78, 5) is 16.1. The number of carboxylic acid groups (broad SMARTS) is 1. The van der Waals surface area contributed by atoms with Crippen molar-refractivity contribution >= 4 is 17.0 Å². The minimum atomic E-state index is -0.902. The Balaban J connectivity index is 2.05. The minimum absolute atomic E-state index is 0.369. The molecule has 0 aliphatic heterocycles. The lowest BCUT2D eigenvalue weighted by Gasteiger charge is -2.18. The van der Waals surface area contributed by atoms with E-state index in [0.29, 0.717) is 12.2 Å². The van der Waals surface area contributed by atoms with Gasteiger partial charge in [-0.3, -0.25) is 0 Å². The first-order valence-electron chi connectivity index (χ1n) is 7.57. The molecule has 5 nitrogen and oxygen atoms in total. The molecule has 0 spiro atoms. The summed E-state index contributed by atoms with van der Waals surface area (Å²) in [5.41, 5.74) is 9.01. The molecule has 2 aromatic carbocycles. The van der Waals surface area contributed by atoms with Crippen LogP contribution in [0.1, 0.15) is 30.4 Å². The number of aromatic nitrogens is 2. The first kappa shape index (κ1) is 15.2. The van der Waals surface area contributed by atoms with Crippen molar-refractivity contribution in [2.45, 2.75) is 25.4 Å². The molecule has 0 saturated heterocycles. The number of fused-ring (bicyclic) bond motifs is 1. The Hall–Kier alpha value is -2.66. The summed E-state index contributed by atoms with van der Waals surface area (Å²) in [6.07, 6.45) is 0.608. The van der Waals surface area contributed by atoms with Gasteiger partial charge in [0.25, 0.3) is 0 Å². The Morgan fingerprint density at radius 2 is 1.83 bits per heavy atom. The first-order chi connectivity index (χ1) is 11.1. The Morgan fingerprint density at radius 3 is 2.52 bits per heavy atom. The number of hydrogen-bond acceptors (Lipinski definition) is 3. The average Bonchev–Trinajstić information content (AvgIpc) is 2.94. The molecule has 5 heteroatoms. The van der Waals surface area contributed by atoms with Gasteiger partial charge in [0.2, 0.25) is 0 Å². The van der Waals surface area contributed by atoms with E-state index < -0.39 is 12.0 Å². The van der Waals surface area contributed by atoms with Gasteiger partial charge in [-0.1, -0.05) is 42.5 Å². The molecule has 0 fully saturated rings. The monoisotopic (exact) mass is 309 g/mol. The molecule has 0 aliphatic rings. The molecule has 3 aromatic rings. The van der Waals surface area contributed by atoms with Gasteiger partial charge in [-0.15, -0.1) is 0 Å². The second-order valence-electron chi connectivity index (χ2n) is 5.64. The summed E-state index contributed by atoms with van der Waals surface area (Å²) in [7, 11) is 0. The molecule has 3 N–H and O–H groups in total. The molecule has 0 amide bonds. The van der Waals surface area contributed by atoms with Crippen LogP contribution in [0.15, 0.2) is 54.6 Å². The molecular weight excluding hydrogens is 290 g/mol. The highest BCUT2D eigenvalue weighted by molar-refractivity contribution is 5.80. The van der Waals surface area contributed by atoms with Crippen LogP contribution < -0.4 is 5.73 Å². The van der Waals surface area contributed by atoms with E-state index in [9.17, 15) is 9.90 Å². The molecule has 118 valence electrons. The summed E-state index contributed by atoms with van der Waals surface area (Å²) in [6.45, 7) is 1.65.